The average molecular weight is 259 g/mol. The Balaban J connectivity index is 1.64. The lowest BCUT2D eigenvalue weighted by atomic mass is 9.54. The van der Waals surface area contributed by atoms with Crippen LogP contribution in [-0.4, -0.2) is 15.6 Å². The van der Waals surface area contributed by atoms with Crippen LogP contribution in [-0.2, 0) is 6.42 Å². The van der Waals surface area contributed by atoms with Crippen LogP contribution in [0.3, 0.4) is 0 Å². The van der Waals surface area contributed by atoms with Crippen LogP contribution in [0.4, 0.5) is 0 Å². The molecule has 0 spiro atoms. The van der Waals surface area contributed by atoms with Crippen molar-refractivity contribution in [2.24, 2.45) is 29.4 Å². The summed E-state index contributed by atoms with van der Waals surface area (Å²) in [4.78, 5) is 4.42. The van der Waals surface area contributed by atoms with E-state index in [9.17, 15) is 0 Å². The van der Waals surface area contributed by atoms with E-state index < -0.39 is 0 Å². The van der Waals surface area contributed by atoms with Crippen LogP contribution < -0.4 is 5.73 Å². The normalized spacial score (nSPS) is 41.7. The highest BCUT2D eigenvalue weighted by atomic mass is 15.1. The summed E-state index contributed by atoms with van der Waals surface area (Å²) in [5, 5.41) is 0. The molecule has 19 heavy (non-hydrogen) atoms. The van der Waals surface area contributed by atoms with Gasteiger partial charge in [0.25, 0.3) is 0 Å². The zero-order chi connectivity index (χ0) is 13.0. The molecule has 2 N–H and O–H groups in total. The third-order valence-corrected chi connectivity index (χ3v) is 5.78. The van der Waals surface area contributed by atoms with Crippen molar-refractivity contribution in [2.75, 3.05) is 0 Å². The summed E-state index contributed by atoms with van der Waals surface area (Å²) < 4.78 is 2.50. The van der Waals surface area contributed by atoms with Crippen LogP contribution in [0, 0.1) is 23.7 Å². The highest BCUT2D eigenvalue weighted by Gasteiger charge is 2.49. The molecule has 0 aliphatic heterocycles. The van der Waals surface area contributed by atoms with Crippen molar-refractivity contribution in [3.8, 4) is 0 Å². The molecule has 1 heterocycles. The second-order valence-corrected chi connectivity index (χ2v) is 7.39. The molecule has 0 saturated heterocycles. The Kier molecular flexibility index (Phi) is 2.73. The van der Waals surface area contributed by atoms with Gasteiger partial charge in [-0.15, -0.1) is 0 Å². The predicted molar refractivity (Wildman–Crippen MR) is 75.7 cm³/mol. The van der Waals surface area contributed by atoms with Crippen molar-refractivity contribution in [2.45, 2.75) is 57.5 Å². The molecular weight excluding hydrogens is 234 g/mol. The molecule has 0 amide bonds. The zero-order valence-electron chi connectivity index (χ0n) is 11.8. The van der Waals surface area contributed by atoms with E-state index in [1.165, 1.54) is 37.8 Å². The fourth-order valence-corrected chi connectivity index (χ4v) is 5.44. The molecule has 4 bridgehead atoms. The van der Waals surface area contributed by atoms with Crippen molar-refractivity contribution in [1.82, 2.24) is 9.55 Å². The van der Waals surface area contributed by atoms with Crippen molar-refractivity contribution in [1.29, 1.82) is 0 Å². The van der Waals surface area contributed by atoms with Gasteiger partial charge in [-0.2, -0.15) is 0 Å². The lowest BCUT2D eigenvalue weighted by molar-refractivity contribution is -0.0300. The first-order chi connectivity index (χ1) is 9.20. The molecular formula is C16H25N3. The third-order valence-electron chi connectivity index (χ3n) is 5.78. The Morgan fingerprint density at radius 2 is 1.84 bits per heavy atom. The van der Waals surface area contributed by atoms with Gasteiger partial charge in [-0.1, -0.05) is 0 Å². The van der Waals surface area contributed by atoms with Crippen LogP contribution >= 0.6 is 0 Å². The van der Waals surface area contributed by atoms with Crippen LogP contribution in [0.25, 0.3) is 0 Å². The van der Waals surface area contributed by atoms with Gasteiger partial charge in [0.05, 0.1) is 6.33 Å². The van der Waals surface area contributed by atoms with Gasteiger partial charge in [0.1, 0.15) is 0 Å². The molecule has 0 radical (unpaired) electrons. The van der Waals surface area contributed by atoms with Gasteiger partial charge in [-0.25, -0.2) is 4.98 Å². The van der Waals surface area contributed by atoms with Gasteiger partial charge < -0.3 is 10.3 Å². The molecule has 4 aliphatic rings. The second-order valence-electron chi connectivity index (χ2n) is 7.39. The van der Waals surface area contributed by atoms with E-state index in [1.54, 1.807) is 0 Å². The average Bonchev–Trinajstić information content (AvgIpc) is 2.75. The first-order valence-corrected chi connectivity index (χ1v) is 7.97. The summed E-state index contributed by atoms with van der Waals surface area (Å²) in [5.74, 6) is 3.91. The standard InChI is InChI=1S/C16H25N3/c1-10(17)2-15-8-18-9-19(15)16-13-4-11-3-12(6-13)7-14(16)5-11/h8-14,16H,2-7,17H2,1H3. The van der Waals surface area contributed by atoms with E-state index in [1.807, 2.05) is 6.20 Å². The molecule has 5 rings (SSSR count). The fourth-order valence-electron chi connectivity index (χ4n) is 5.44. The Morgan fingerprint density at radius 1 is 1.21 bits per heavy atom. The molecule has 104 valence electrons. The number of hydrogen-bond acceptors (Lipinski definition) is 2. The maximum absolute atomic E-state index is 5.99. The van der Waals surface area contributed by atoms with Gasteiger partial charge in [-0.3, -0.25) is 0 Å². The minimum atomic E-state index is 0.229. The molecule has 1 atom stereocenters. The van der Waals surface area contributed by atoms with E-state index in [4.69, 9.17) is 5.73 Å². The molecule has 3 nitrogen and oxygen atoms in total. The Morgan fingerprint density at radius 3 is 2.42 bits per heavy atom. The van der Waals surface area contributed by atoms with Gasteiger partial charge in [0, 0.05) is 30.4 Å². The SMILES string of the molecule is CC(N)Cc1cncn1C1C2CC3CC(C2)CC1C3. The van der Waals surface area contributed by atoms with Crippen molar-refractivity contribution in [3.05, 3.63) is 18.2 Å². The summed E-state index contributed by atoms with van der Waals surface area (Å²) in [5.41, 5.74) is 7.34. The van der Waals surface area contributed by atoms with Crippen LogP contribution in [0.2, 0.25) is 0 Å². The van der Waals surface area contributed by atoms with Crippen LogP contribution in [0.1, 0.15) is 50.8 Å². The molecule has 3 heteroatoms. The first-order valence-electron chi connectivity index (χ1n) is 7.97. The van der Waals surface area contributed by atoms with E-state index in [-0.39, 0.29) is 6.04 Å². The lowest BCUT2D eigenvalue weighted by Crippen LogP contribution is -2.46. The van der Waals surface area contributed by atoms with Crippen LogP contribution in [0.15, 0.2) is 12.5 Å². The molecule has 4 saturated carbocycles. The maximum atomic E-state index is 5.99. The van der Waals surface area contributed by atoms with Crippen LogP contribution in [0.5, 0.6) is 0 Å². The molecule has 1 aromatic heterocycles. The third kappa shape index (κ3) is 1.94. The second kappa shape index (κ2) is 4.34. The number of nitrogens with two attached hydrogens (primary N) is 1. The van der Waals surface area contributed by atoms with E-state index in [2.05, 4.69) is 22.8 Å². The predicted octanol–water partition coefficient (Wildman–Crippen LogP) is 2.77. The van der Waals surface area contributed by atoms with Gasteiger partial charge >= 0.3 is 0 Å². The van der Waals surface area contributed by atoms with E-state index >= 15 is 0 Å². The van der Waals surface area contributed by atoms with Crippen molar-refractivity contribution in [3.63, 3.8) is 0 Å². The van der Waals surface area contributed by atoms with Gasteiger partial charge in [0.15, 0.2) is 0 Å². The minimum Gasteiger partial charge on any atom is -0.331 e. The van der Waals surface area contributed by atoms with E-state index in [0.717, 1.165) is 36.1 Å². The summed E-state index contributed by atoms with van der Waals surface area (Å²) in [7, 11) is 0. The summed E-state index contributed by atoms with van der Waals surface area (Å²) >= 11 is 0. The monoisotopic (exact) mass is 259 g/mol. The molecule has 4 aliphatic carbocycles. The van der Waals surface area contributed by atoms with Crippen molar-refractivity contribution < 1.29 is 0 Å². The molecule has 1 unspecified atom stereocenters. The smallest absolute Gasteiger partial charge is 0.0950 e. The first kappa shape index (κ1) is 12.0. The number of rotatable bonds is 3. The Bertz CT molecular complexity index is 434. The minimum absolute atomic E-state index is 0.229. The number of hydrogen-bond donors (Lipinski definition) is 1. The number of nitrogens with zero attached hydrogens (tertiary/aromatic N) is 2. The zero-order valence-corrected chi connectivity index (χ0v) is 11.8. The number of aromatic nitrogens is 2. The summed E-state index contributed by atoms with van der Waals surface area (Å²) in [6.45, 7) is 2.09. The molecule has 1 aromatic rings. The van der Waals surface area contributed by atoms with E-state index in [0.29, 0.717) is 0 Å². The largest absolute Gasteiger partial charge is 0.331 e. The number of imidazole rings is 1. The highest BCUT2D eigenvalue weighted by molar-refractivity contribution is 5.08. The van der Waals surface area contributed by atoms with Crippen molar-refractivity contribution >= 4 is 0 Å². The molecule has 0 aromatic carbocycles. The quantitative estimate of drug-likeness (QED) is 0.907. The van der Waals surface area contributed by atoms with Gasteiger partial charge in [-0.05, 0) is 62.7 Å². The molecule has 4 fully saturated rings. The Labute approximate surface area is 115 Å². The lowest BCUT2D eigenvalue weighted by Gasteiger charge is -2.55. The Hall–Kier alpha value is -0.830. The topological polar surface area (TPSA) is 43.8 Å². The summed E-state index contributed by atoms with van der Waals surface area (Å²) in [6.07, 6.45) is 12.5. The fraction of sp³-hybridized carbons (Fsp3) is 0.812. The van der Waals surface area contributed by atoms with Gasteiger partial charge in [0.2, 0.25) is 0 Å². The highest BCUT2D eigenvalue weighted by Crippen LogP contribution is 2.58. The maximum Gasteiger partial charge on any atom is 0.0950 e. The summed E-state index contributed by atoms with van der Waals surface area (Å²) in [6, 6.07) is 0.955.